The predicted octanol–water partition coefficient (Wildman–Crippen LogP) is 3.62. The SMILES string of the molecule is CCNC(=NCCS(=O)C(C)(C)C)N(C)Cc1ccc(N2CCCCC2)cc1. The summed E-state index contributed by atoms with van der Waals surface area (Å²) in [6.07, 6.45) is 3.95. The molecule has 1 atom stereocenters. The van der Waals surface area contributed by atoms with Crippen molar-refractivity contribution in [3.8, 4) is 0 Å². The van der Waals surface area contributed by atoms with Gasteiger partial charge in [0.05, 0.1) is 6.54 Å². The van der Waals surface area contributed by atoms with Crippen LogP contribution in [0.3, 0.4) is 0 Å². The molecule has 1 aromatic carbocycles. The Bertz CT molecular complexity index is 645. The number of anilines is 1. The Morgan fingerprint density at radius 2 is 1.82 bits per heavy atom. The molecule has 6 heteroatoms. The molecule has 1 aliphatic rings. The van der Waals surface area contributed by atoms with E-state index in [0.29, 0.717) is 12.3 Å². The highest BCUT2D eigenvalue weighted by atomic mass is 32.2. The van der Waals surface area contributed by atoms with Crippen LogP contribution in [0.15, 0.2) is 29.3 Å². The monoisotopic (exact) mass is 406 g/mol. The summed E-state index contributed by atoms with van der Waals surface area (Å²) < 4.78 is 12.0. The van der Waals surface area contributed by atoms with Gasteiger partial charge in [-0.1, -0.05) is 12.1 Å². The molecule has 5 nitrogen and oxygen atoms in total. The van der Waals surface area contributed by atoms with E-state index in [4.69, 9.17) is 0 Å². The lowest BCUT2D eigenvalue weighted by molar-refractivity contribution is 0.477. The van der Waals surface area contributed by atoms with Crippen LogP contribution in [-0.4, -0.2) is 58.8 Å². The minimum Gasteiger partial charge on any atom is -0.372 e. The fourth-order valence-electron chi connectivity index (χ4n) is 3.32. The molecule has 0 spiro atoms. The summed E-state index contributed by atoms with van der Waals surface area (Å²) in [5.41, 5.74) is 2.60. The number of benzene rings is 1. The second kappa shape index (κ2) is 10.8. The van der Waals surface area contributed by atoms with E-state index in [2.05, 4.69) is 58.3 Å². The van der Waals surface area contributed by atoms with E-state index in [1.807, 2.05) is 20.8 Å². The van der Waals surface area contributed by atoms with Gasteiger partial charge in [0.1, 0.15) is 0 Å². The highest BCUT2D eigenvalue weighted by Crippen LogP contribution is 2.20. The fraction of sp³-hybridized carbons (Fsp3) is 0.682. The third-order valence-corrected chi connectivity index (χ3v) is 6.91. The molecule has 0 amide bonds. The van der Waals surface area contributed by atoms with E-state index in [0.717, 1.165) is 19.0 Å². The van der Waals surface area contributed by atoms with Gasteiger partial charge in [-0.2, -0.15) is 0 Å². The molecule has 158 valence electrons. The average molecular weight is 407 g/mol. The van der Waals surface area contributed by atoms with Crippen LogP contribution in [0, 0.1) is 0 Å². The zero-order valence-electron chi connectivity index (χ0n) is 18.3. The smallest absolute Gasteiger partial charge is 0.193 e. The summed E-state index contributed by atoms with van der Waals surface area (Å²) in [7, 11) is 1.18. The summed E-state index contributed by atoms with van der Waals surface area (Å²) in [6, 6.07) is 8.92. The van der Waals surface area contributed by atoms with Crippen LogP contribution in [0.25, 0.3) is 0 Å². The largest absolute Gasteiger partial charge is 0.372 e. The van der Waals surface area contributed by atoms with E-state index < -0.39 is 10.8 Å². The molecule has 0 aliphatic carbocycles. The zero-order chi connectivity index (χ0) is 20.6. The molecular formula is C22H38N4OS. The average Bonchev–Trinajstić information content (AvgIpc) is 2.67. The van der Waals surface area contributed by atoms with Gasteiger partial charge >= 0.3 is 0 Å². The van der Waals surface area contributed by atoms with Crippen molar-refractivity contribution >= 4 is 22.4 Å². The fourth-order valence-corrected chi connectivity index (χ4v) is 4.19. The number of rotatable bonds is 7. The maximum Gasteiger partial charge on any atom is 0.193 e. The van der Waals surface area contributed by atoms with Gasteiger partial charge in [-0.05, 0) is 64.7 Å². The van der Waals surface area contributed by atoms with Crippen molar-refractivity contribution in [2.24, 2.45) is 4.99 Å². The second-order valence-corrected chi connectivity index (χ2v) is 10.8. The molecule has 1 heterocycles. The van der Waals surface area contributed by atoms with Gasteiger partial charge in [0, 0.05) is 60.2 Å². The summed E-state index contributed by atoms with van der Waals surface area (Å²) in [4.78, 5) is 9.31. The molecule has 1 aromatic rings. The number of nitrogens with zero attached hydrogens (tertiary/aromatic N) is 3. The first-order valence-electron chi connectivity index (χ1n) is 10.5. The molecule has 0 bridgehead atoms. The first-order chi connectivity index (χ1) is 13.3. The van der Waals surface area contributed by atoms with Crippen molar-refractivity contribution in [1.82, 2.24) is 10.2 Å². The van der Waals surface area contributed by atoms with Crippen molar-refractivity contribution < 1.29 is 4.21 Å². The number of aliphatic imine (C=N–C) groups is 1. The summed E-state index contributed by atoms with van der Waals surface area (Å²) in [6.45, 7) is 12.6. The standard InChI is InChI=1S/C22H38N4OS/c1-6-23-21(24-14-17-28(27)22(2,3)4)25(5)18-19-10-12-20(13-11-19)26-15-8-7-9-16-26/h10-13H,6-9,14-18H2,1-5H3,(H,23,24). The number of nitrogens with one attached hydrogen (secondary N) is 1. The quantitative estimate of drug-likeness (QED) is 0.555. The zero-order valence-corrected chi connectivity index (χ0v) is 19.1. The summed E-state index contributed by atoms with van der Waals surface area (Å²) in [5.74, 6) is 1.46. The van der Waals surface area contributed by atoms with Crippen LogP contribution < -0.4 is 10.2 Å². The van der Waals surface area contributed by atoms with Crippen LogP contribution in [0.2, 0.25) is 0 Å². The van der Waals surface area contributed by atoms with Crippen molar-refractivity contribution in [3.63, 3.8) is 0 Å². The number of hydrogen-bond acceptors (Lipinski definition) is 3. The van der Waals surface area contributed by atoms with E-state index in [1.54, 1.807) is 0 Å². The molecule has 1 fully saturated rings. The second-order valence-electron chi connectivity index (χ2n) is 8.47. The number of piperidine rings is 1. The van der Waals surface area contributed by atoms with E-state index >= 15 is 0 Å². The Hall–Kier alpha value is -1.56. The van der Waals surface area contributed by atoms with E-state index in [1.165, 1.54) is 43.6 Å². The molecule has 0 aromatic heterocycles. The van der Waals surface area contributed by atoms with Crippen LogP contribution in [0.1, 0.15) is 52.5 Å². The van der Waals surface area contributed by atoms with Crippen molar-refractivity contribution in [1.29, 1.82) is 0 Å². The topological polar surface area (TPSA) is 47.9 Å². The third-order valence-electron chi connectivity index (χ3n) is 5.00. The highest BCUT2D eigenvalue weighted by molar-refractivity contribution is 7.86. The first-order valence-corrected chi connectivity index (χ1v) is 11.8. The molecule has 0 saturated carbocycles. The lowest BCUT2D eigenvalue weighted by Gasteiger charge is -2.29. The Kier molecular flexibility index (Phi) is 8.80. The van der Waals surface area contributed by atoms with Gasteiger partial charge in [0.25, 0.3) is 0 Å². The molecule has 1 saturated heterocycles. The van der Waals surface area contributed by atoms with Crippen molar-refractivity contribution in [2.45, 2.75) is 58.2 Å². The minimum atomic E-state index is -0.872. The van der Waals surface area contributed by atoms with Crippen LogP contribution >= 0.6 is 0 Å². The van der Waals surface area contributed by atoms with Gasteiger partial charge in [0.2, 0.25) is 0 Å². The Morgan fingerprint density at radius 1 is 1.18 bits per heavy atom. The maximum atomic E-state index is 12.2. The molecule has 0 radical (unpaired) electrons. The Labute approximate surface area is 174 Å². The molecule has 2 rings (SSSR count). The predicted molar refractivity (Wildman–Crippen MR) is 123 cm³/mol. The minimum absolute atomic E-state index is 0.185. The van der Waals surface area contributed by atoms with Gasteiger partial charge < -0.3 is 15.1 Å². The van der Waals surface area contributed by atoms with Crippen molar-refractivity contribution in [2.75, 3.05) is 43.9 Å². The van der Waals surface area contributed by atoms with Gasteiger partial charge in [-0.15, -0.1) is 0 Å². The highest BCUT2D eigenvalue weighted by Gasteiger charge is 2.18. The van der Waals surface area contributed by atoms with Crippen LogP contribution in [0.5, 0.6) is 0 Å². The lowest BCUT2D eigenvalue weighted by atomic mass is 10.1. The third kappa shape index (κ3) is 7.12. The molecule has 1 unspecified atom stereocenters. The van der Waals surface area contributed by atoms with E-state index in [9.17, 15) is 4.21 Å². The number of guanidine groups is 1. The molecule has 1 N–H and O–H groups in total. The van der Waals surface area contributed by atoms with E-state index in [-0.39, 0.29) is 4.75 Å². The van der Waals surface area contributed by atoms with Crippen LogP contribution in [0.4, 0.5) is 5.69 Å². The summed E-state index contributed by atoms with van der Waals surface area (Å²) >= 11 is 0. The molecule has 28 heavy (non-hydrogen) atoms. The molecular weight excluding hydrogens is 368 g/mol. The number of hydrogen-bond donors (Lipinski definition) is 1. The maximum absolute atomic E-state index is 12.2. The first kappa shape index (κ1) is 22.7. The normalized spacial score (nSPS) is 16.8. The Morgan fingerprint density at radius 3 is 2.39 bits per heavy atom. The lowest BCUT2D eigenvalue weighted by Crippen LogP contribution is -2.39. The van der Waals surface area contributed by atoms with Gasteiger partial charge in [0.15, 0.2) is 5.96 Å². The van der Waals surface area contributed by atoms with Crippen LogP contribution in [-0.2, 0) is 17.3 Å². The molecule has 1 aliphatic heterocycles. The van der Waals surface area contributed by atoms with Gasteiger partial charge in [-0.25, -0.2) is 0 Å². The van der Waals surface area contributed by atoms with Crippen molar-refractivity contribution in [3.05, 3.63) is 29.8 Å². The Balaban J connectivity index is 1.94. The summed E-state index contributed by atoms with van der Waals surface area (Å²) in [5, 5.41) is 3.35. The van der Waals surface area contributed by atoms with Gasteiger partial charge in [-0.3, -0.25) is 9.20 Å².